The van der Waals surface area contributed by atoms with Crippen LogP contribution in [0.3, 0.4) is 0 Å². The number of benzene rings is 1. The van der Waals surface area contributed by atoms with Gasteiger partial charge in [0.15, 0.2) is 0 Å². The van der Waals surface area contributed by atoms with E-state index in [2.05, 4.69) is 15.3 Å². The van der Waals surface area contributed by atoms with Crippen molar-refractivity contribution in [3.05, 3.63) is 57.5 Å². The zero-order valence-electron chi connectivity index (χ0n) is 11.1. The van der Waals surface area contributed by atoms with Crippen LogP contribution in [0.2, 0.25) is 5.15 Å². The quantitative estimate of drug-likeness (QED) is 0.475. The standard InChI is InChI=1S/C13H11ClN4O4/c14-11-6-12(16-7-15-11)17-10(13(19)20)5-8-1-3-9(4-2-8)18(21)22/h1-4,6-7,10H,5H2,(H,19,20)(H,15,16,17). The number of carbonyl (C=O) groups is 1. The Kier molecular flexibility index (Phi) is 4.84. The van der Waals surface area contributed by atoms with Crippen LogP contribution < -0.4 is 5.32 Å². The maximum Gasteiger partial charge on any atom is 0.326 e. The van der Waals surface area contributed by atoms with Gasteiger partial charge in [-0.3, -0.25) is 10.1 Å². The summed E-state index contributed by atoms with van der Waals surface area (Å²) in [7, 11) is 0. The van der Waals surface area contributed by atoms with Crippen LogP contribution in [0, 0.1) is 10.1 Å². The van der Waals surface area contributed by atoms with E-state index < -0.39 is 16.9 Å². The molecule has 0 aliphatic heterocycles. The van der Waals surface area contributed by atoms with Crippen LogP contribution in [0.5, 0.6) is 0 Å². The molecular formula is C13H11ClN4O4. The third kappa shape index (κ3) is 4.13. The number of nitro benzene ring substituents is 1. The number of nitrogens with zero attached hydrogens (tertiary/aromatic N) is 3. The number of carboxylic acid groups (broad SMARTS) is 1. The van der Waals surface area contributed by atoms with Gasteiger partial charge in [-0.2, -0.15) is 0 Å². The number of aliphatic carboxylic acids is 1. The van der Waals surface area contributed by atoms with Gasteiger partial charge in [-0.05, 0) is 5.56 Å². The molecule has 22 heavy (non-hydrogen) atoms. The molecule has 0 amide bonds. The zero-order valence-corrected chi connectivity index (χ0v) is 11.9. The molecule has 0 aliphatic rings. The van der Waals surface area contributed by atoms with Crippen LogP contribution >= 0.6 is 11.6 Å². The molecule has 1 heterocycles. The molecular weight excluding hydrogens is 312 g/mol. The van der Waals surface area contributed by atoms with Crippen molar-refractivity contribution in [2.45, 2.75) is 12.5 Å². The number of anilines is 1. The van der Waals surface area contributed by atoms with Crippen molar-refractivity contribution in [2.75, 3.05) is 5.32 Å². The van der Waals surface area contributed by atoms with Gasteiger partial charge in [0.25, 0.3) is 5.69 Å². The van der Waals surface area contributed by atoms with Crippen LogP contribution in [0.15, 0.2) is 36.7 Å². The highest BCUT2D eigenvalue weighted by Gasteiger charge is 2.19. The maximum absolute atomic E-state index is 11.3. The van der Waals surface area contributed by atoms with Crippen molar-refractivity contribution < 1.29 is 14.8 Å². The summed E-state index contributed by atoms with van der Waals surface area (Å²) < 4.78 is 0. The number of hydrogen-bond acceptors (Lipinski definition) is 6. The minimum absolute atomic E-state index is 0.0498. The lowest BCUT2D eigenvalue weighted by Gasteiger charge is -2.15. The Balaban J connectivity index is 2.11. The smallest absolute Gasteiger partial charge is 0.326 e. The number of rotatable bonds is 6. The predicted molar refractivity (Wildman–Crippen MR) is 78.9 cm³/mol. The molecule has 2 N–H and O–H groups in total. The Morgan fingerprint density at radius 1 is 1.36 bits per heavy atom. The van der Waals surface area contributed by atoms with Crippen molar-refractivity contribution >= 4 is 29.1 Å². The van der Waals surface area contributed by atoms with E-state index in [0.29, 0.717) is 5.56 Å². The summed E-state index contributed by atoms with van der Waals surface area (Å²) in [4.78, 5) is 29.0. The van der Waals surface area contributed by atoms with Crippen LogP contribution in [0.25, 0.3) is 0 Å². The first-order valence-corrected chi connectivity index (χ1v) is 6.53. The molecule has 8 nitrogen and oxygen atoms in total. The topological polar surface area (TPSA) is 118 Å². The van der Waals surface area contributed by atoms with Gasteiger partial charge < -0.3 is 10.4 Å². The van der Waals surface area contributed by atoms with E-state index in [0.717, 1.165) is 0 Å². The molecule has 0 spiro atoms. The van der Waals surface area contributed by atoms with Gasteiger partial charge >= 0.3 is 5.97 Å². The average molecular weight is 323 g/mol. The van der Waals surface area contributed by atoms with E-state index in [4.69, 9.17) is 11.6 Å². The fraction of sp³-hybridized carbons (Fsp3) is 0.154. The summed E-state index contributed by atoms with van der Waals surface area (Å²) in [5.41, 5.74) is 0.594. The predicted octanol–water partition coefficient (Wildman–Crippen LogP) is 2.15. The van der Waals surface area contributed by atoms with Gasteiger partial charge in [-0.25, -0.2) is 14.8 Å². The molecule has 0 radical (unpaired) electrons. The SMILES string of the molecule is O=C(O)C(Cc1ccc([N+](=O)[O-])cc1)Nc1cc(Cl)ncn1. The van der Waals surface area contributed by atoms with Gasteiger partial charge in [0.2, 0.25) is 0 Å². The first-order chi connectivity index (χ1) is 10.5. The second-order valence-corrected chi connectivity index (χ2v) is 4.78. The Labute approximate surface area is 129 Å². The van der Waals surface area contributed by atoms with Crippen LogP contribution in [-0.4, -0.2) is 32.0 Å². The summed E-state index contributed by atoms with van der Waals surface area (Å²) in [5.74, 6) is -0.789. The number of carboxylic acids is 1. The number of aromatic nitrogens is 2. The normalized spacial score (nSPS) is 11.7. The molecule has 1 unspecified atom stereocenters. The monoisotopic (exact) mass is 322 g/mol. The van der Waals surface area contributed by atoms with E-state index >= 15 is 0 Å². The third-order valence-electron chi connectivity index (χ3n) is 2.84. The van der Waals surface area contributed by atoms with E-state index in [-0.39, 0.29) is 23.1 Å². The Hall–Kier alpha value is -2.74. The largest absolute Gasteiger partial charge is 0.480 e. The number of halogens is 1. The van der Waals surface area contributed by atoms with Crippen LogP contribution in [0.4, 0.5) is 11.5 Å². The summed E-state index contributed by atoms with van der Waals surface area (Å²) in [6, 6.07) is 6.15. The van der Waals surface area contributed by atoms with Gasteiger partial charge in [-0.15, -0.1) is 0 Å². The van der Waals surface area contributed by atoms with Crippen molar-refractivity contribution in [1.29, 1.82) is 0 Å². The Bertz CT molecular complexity index is 693. The lowest BCUT2D eigenvalue weighted by molar-refractivity contribution is -0.384. The summed E-state index contributed by atoms with van der Waals surface area (Å²) >= 11 is 5.71. The molecule has 1 atom stereocenters. The van der Waals surface area contributed by atoms with E-state index in [9.17, 15) is 20.0 Å². The molecule has 2 rings (SSSR count). The Morgan fingerprint density at radius 3 is 2.59 bits per heavy atom. The van der Waals surface area contributed by atoms with Crippen molar-refractivity contribution in [2.24, 2.45) is 0 Å². The third-order valence-corrected chi connectivity index (χ3v) is 3.05. The number of non-ortho nitro benzene ring substituents is 1. The lowest BCUT2D eigenvalue weighted by Crippen LogP contribution is -2.31. The van der Waals surface area contributed by atoms with E-state index in [1.165, 1.54) is 36.7 Å². The minimum atomic E-state index is -1.08. The molecule has 0 aliphatic carbocycles. The second-order valence-electron chi connectivity index (χ2n) is 4.39. The highest BCUT2D eigenvalue weighted by atomic mass is 35.5. The highest BCUT2D eigenvalue weighted by molar-refractivity contribution is 6.29. The van der Waals surface area contributed by atoms with Crippen LogP contribution in [-0.2, 0) is 11.2 Å². The number of nitro groups is 1. The van der Waals surface area contributed by atoms with Crippen molar-refractivity contribution in [3.63, 3.8) is 0 Å². The molecule has 1 aromatic carbocycles. The van der Waals surface area contributed by atoms with Crippen LogP contribution in [0.1, 0.15) is 5.56 Å². The zero-order chi connectivity index (χ0) is 16.1. The summed E-state index contributed by atoms with van der Waals surface area (Å²) in [6.07, 6.45) is 1.35. The van der Waals surface area contributed by atoms with E-state index in [1.54, 1.807) is 0 Å². The molecule has 2 aromatic rings. The highest BCUT2D eigenvalue weighted by Crippen LogP contribution is 2.15. The first-order valence-electron chi connectivity index (χ1n) is 6.16. The fourth-order valence-corrected chi connectivity index (χ4v) is 1.93. The Morgan fingerprint density at radius 2 is 2.05 bits per heavy atom. The average Bonchev–Trinajstić information content (AvgIpc) is 2.47. The molecule has 114 valence electrons. The van der Waals surface area contributed by atoms with Gasteiger partial charge in [0.1, 0.15) is 23.3 Å². The molecule has 0 fully saturated rings. The lowest BCUT2D eigenvalue weighted by atomic mass is 10.1. The molecule has 0 bridgehead atoms. The van der Waals surface area contributed by atoms with Crippen molar-refractivity contribution in [1.82, 2.24) is 9.97 Å². The summed E-state index contributed by atoms with van der Waals surface area (Å²) in [5, 5.41) is 22.8. The molecule has 0 saturated heterocycles. The first kappa shape index (κ1) is 15.6. The fourth-order valence-electron chi connectivity index (χ4n) is 1.78. The maximum atomic E-state index is 11.3. The van der Waals surface area contributed by atoms with Gasteiger partial charge in [-0.1, -0.05) is 23.7 Å². The molecule has 0 saturated carbocycles. The number of hydrogen-bond donors (Lipinski definition) is 2. The second kappa shape index (κ2) is 6.81. The molecule has 9 heteroatoms. The number of nitrogens with one attached hydrogen (secondary N) is 1. The van der Waals surface area contributed by atoms with Crippen molar-refractivity contribution in [3.8, 4) is 0 Å². The minimum Gasteiger partial charge on any atom is -0.480 e. The molecule has 1 aromatic heterocycles. The summed E-state index contributed by atoms with van der Waals surface area (Å²) in [6.45, 7) is 0. The van der Waals surface area contributed by atoms with Gasteiger partial charge in [0, 0.05) is 24.6 Å². The van der Waals surface area contributed by atoms with Gasteiger partial charge in [0.05, 0.1) is 4.92 Å². The van der Waals surface area contributed by atoms with E-state index in [1.807, 2.05) is 0 Å².